The highest BCUT2D eigenvalue weighted by Gasteiger charge is 2.53. The SMILES string of the molecule is FC(F)(F)c1ccc2nc3n(c2c1)C[C@@]1(CN2CCC1CC2)O3. The number of halogens is 3. The Morgan fingerprint density at radius 3 is 2.61 bits per heavy atom. The third kappa shape index (κ3) is 1.86. The van der Waals surface area contributed by atoms with Gasteiger partial charge in [0.05, 0.1) is 23.1 Å². The first-order valence-electron chi connectivity index (χ1n) is 7.93. The Hall–Kier alpha value is -1.76. The van der Waals surface area contributed by atoms with Gasteiger partial charge in [-0.05, 0) is 44.1 Å². The Morgan fingerprint density at radius 2 is 1.96 bits per heavy atom. The first-order chi connectivity index (χ1) is 10.9. The summed E-state index contributed by atoms with van der Waals surface area (Å²) in [5, 5.41) is 0. The molecular weight excluding hydrogens is 307 g/mol. The lowest BCUT2D eigenvalue weighted by Crippen LogP contribution is -2.61. The van der Waals surface area contributed by atoms with Gasteiger partial charge in [-0.3, -0.25) is 9.47 Å². The van der Waals surface area contributed by atoms with Gasteiger partial charge in [-0.2, -0.15) is 18.2 Å². The van der Waals surface area contributed by atoms with Gasteiger partial charge in [0.1, 0.15) is 5.60 Å². The maximum Gasteiger partial charge on any atom is 0.416 e. The highest BCUT2D eigenvalue weighted by Crippen LogP contribution is 2.45. The average molecular weight is 323 g/mol. The lowest BCUT2D eigenvalue weighted by Gasteiger charge is -2.50. The van der Waals surface area contributed by atoms with Gasteiger partial charge in [0, 0.05) is 12.5 Å². The molecule has 7 heteroatoms. The van der Waals surface area contributed by atoms with E-state index in [2.05, 4.69) is 9.88 Å². The molecular formula is C16H16F3N3O. The summed E-state index contributed by atoms with van der Waals surface area (Å²) in [4.78, 5) is 6.79. The third-order valence-corrected chi connectivity index (χ3v) is 5.58. The van der Waals surface area contributed by atoms with E-state index in [0.717, 1.165) is 38.5 Å². The molecule has 6 rings (SSSR count). The molecule has 0 N–H and O–H groups in total. The van der Waals surface area contributed by atoms with E-state index in [1.807, 2.05) is 4.57 Å². The summed E-state index contributed by atoms with van der Waals surface area (Å²) >= 11 is 0. The number of rotatable bonds is 0. The van der Waals surface area contributed by atoms with Crippen molar-refractivity contribution in [1.29, 1.82) is 0 Å². The molecule has 4 aliphatic rings. The molecule has 2 bridgehead atoms. The van der Waals surface area contributed by atoms with Crippen LogP contribution in [0.3, 0.4) is 0 Å². The van der Waals surface area contributed by atoms with Crippen LogP contribution in [-0.4, -0.2) is 39.7 Å². The normalized spacial score (nSPS) is 32.5. The third-order valence-electron chi connectivity index (χ3n) is 5.58. The number of nitrogens with zero attached hydrogens (tertiary/aromatic N) is 3. The van der Waals surface area contributed by atoms with E-state index in [-0.39, 0.29) is 5.60 Å². The Balaban J connectivity index is 1.58. The number of ether oxygens (including phenoxy) is 1. The number of benzene rings is 1. The Bertz CT molecular complexity index is 792. The molecule has 5 heterocycles. The van der Waals surface area contributed by atoms with Gasteiger partial charge in [-0.1, -0.05) is 0 Å². The Morgan fingerprint density at radius 1 is 1.17 bits per heavy atom. The van der Waals surface area contributed by atoms with Crippen LogP contribution in [0.1, 0.15) is 18.4 Å². The summed E-state index contributed by atoms with van der Waals surface area (Å²) in [6, 6.07) is 4.16. The second kappa shape index (κ2) is 4.20. The molecule has 0 aliphatic carbocycles. The summed E-state index contributed by atoms with van der Waals surface area (Å²) in [6.07, 6.45) is -2.15. The van der Waals surface area contributed by atoms with Crippen molar-refractivity contribution >= 4 is 11.0 Å². The van der Waals surface area contributed by atoms with Crippen LogP contribution >= 0.6 is 0 Å². The molecule has 4 nitrogen and oxygen atoms in total. The molecule has 122 valence electrons. The number of imidazole rings is 1. The lowest BCUT2D eigenvalue weighted by atomic mass is 9.75. The molecule has 4 aliphatic heterocycles. The maximum atomic E-state index is 13.0. The summed E-state index contributed by atoms with van der Waals surface area (Å²) in [7, 11) is 0. The van der Waals surface area contributed by atoms with E-state index in [4.69, 9.17) is 4.74 Å². The molecule has 3 saturated heterocycles. The summed E-state index contributed by atoms with van der Waals surface area (Å²) in [5.41, 5.74) is 0.135. The zero-order valence-corrected chi connectivity index (χ0v) is 12.4. The predicted octanol–water partition coefficient (Wildman–Crippen LogP) is 2.91. The maximum absolute atomic E-state index is 13.0. The fourth-order valence-corrected chi connectivity index (χ4v) is 4.41. The zero-order valence-electron chi connectivity index (χ0n) is 12.4. The van der Waals surface area contributed by atoms with Gasteiger partial charge in [0.25, 0.3) is 6.01 Å². The van der Waals surface area contributed by atoms with Crippen molar-refractivity contribution in [2.75, 3.05) is 19.6 Å². The van der Waals surface area contributed by atoms with Crippen molar-refractivity contribution in [3.8, 4) is 6.01 Å². The number of hydrogen-bond donors (Lipinski definition) is 0. The number of alkyl halides is 3. The molecule has 0 radical (unpaired) electrons. The molecule has 1 aromatic heterocycles. The second-order valence-corrected chi connectivity index (χ2v) is 6.90. The average Bonchev–Trinajstić information content (AvgIpc) is 3.01. The van der Waals surface area contributed by atoms with Crippen LogP contribution in [0.15, 0.2) is 18.2 Å². The van der Waals surface area contributed by atoms with Gasteiger partial charge in [-0.25, -0.2) is 0 Å². The number of piperidine rings is 3. The van der Waals surface area contributed by atoms with Gasteiger partial charge >= 0.3 is 6.18 Å². The molecule has 0 saturated carbocycles. The fourth-order valence-electron chi connectivity index (χ4n) is 4.41. The van der Waals surface area contributed by atoms with Gasteiger partial charge < -0.3 is 4.74 Å². The minimum Gasteiger partial charge on any atom is -0.454 e. The van der Waals surface area contributed by atoms with Crippen LogP contribution in [-0.2, 0) is 12.7 Å². The standard InChI is InChI=1S/C16H16F3N3O/c17-16(18,19)11-1-2-12-13(7-11)22-9-15(23-14(22)20-12)8-21-5-3-10(15)4-6-21/h1-2,7,10H,3-6,8-9H2/t15-/m1/s1. The van der Waals surface area contributed by atoms with Crippen LogP contribution in [0.25, 0.3) is 11.0 Å². The summed E-state index contributed by atoms with van der Waals surface area (Å²) in [5.74, 6) is 0.468. The molecule has 2 aromatic rings. The molecule has 0 amide bonds. The fraction of sp³-hybridized carbons (Fsp3) is 0.562. The van der Waals surface area contributed by atoms with Crippen molar-refractivity contribution in [1.82, 2.24) is 14.5 Å². The van der Waals surface area contributed by atoms with Crippen LogP contribution in [0, 0.1) is 5.92 Å². The zero-order chi connectivity index (χ0) is 15.8. The number of fused-ring (bicyclic) bond motifs is 5. The van der Waals surface area contributed by atoms with E-state index in [1.54, 1.807) is 0 Å². The summed E-state index contributed by atoms with van der Waals surface area (Å²) < 4.78 is 47.0. The highest BCUT2D eigenvalue weighted by atomic mass is 19.4. The highest BCUT2D eigenvalue weighted by molar-refractivity contribution is 5.78. The minimum absolute atomic E-state index is 0.304. The van der Waals surface area contributed by atoms with Gasteiger partial charge in [0.2, 0.25) is 0 Å². The van der Waals surface area contributed by atoms with E-state index in [0.29, 0.717) is 29.5 Å². The van der Waals surface area contributed by atoms with Crippen molar-refractivity contribution in [2.45, 2.75) is 31.2 Å². The van der Waals surface area contributed by atoms with Crippen molar-refractivity contribution in [3.63, 3.8) is 0 Å². The van der Waals surface area contributed by atoms with Crippen LogP contribution in [0.2, 0.25) is 0 Å². The van der Waals surface area contributed by atoms with Gasteiger partial charge in [-0.15, -0.1) is 0 Å². The topological polar surface area (TPSA) is 30.3 Å². The van der Waals surface area contributed by atoms with E-state index in [1.165, 1.54) is 12.1 Å². The van der Waals surface area contributed by atoms with Crippen molar-refractivity contribution < 1.29 is 17.9 Å². The lowest BCUT2D eigenvalue weighted by molar-refractivity contribution is -0.137. The minimum atomic E-state index is -4.34. The van der Waals surface area contributed by atoms with Gasteiger partial charge in [0.15, 0.2) is 0 Å². The molecule has 1 atom stereocenters. The molecule has 1 spiro atoms. The van der Waals surface area contributed by atoms with Crippen molar-refractivity contribution in [2.24, 2.45) is 5.92 Å². The van der Waals surface area contributed by atoms with Crippen LogP contribution in [0.5, 0.6) is 6.01 Å². The van der Waals surface area contributed by atoms with Crippen molar-refractivity contribution in [3.05, 3.63) is 23.8 Å². The van der Waals surface area contributed by atoms with Crippen LogP contribution in [0.4, 0.5) is 13.2 Å². The number of aromatic nitrogens is 2. The number of hydrogen-bond acceptors (Lipinski definition) is 3. The molecule has 1 aromatic carbocycles. The quantitative estimate of drug-likeness (QED) is 0.747. The van der Waals surface area contributed by atoms with E-state index < -0.39 is 11.7 Å². The molecule has 3 fully saturated rings. The Labute approximate surface area is 130 Å². The van der Waals surface area contributed by atoms with E-state index >= 15 is 0 Å². The summed E-state index contributed by atoms with van der Waals surface area (Å²) in [6.45, 7) is 3.64. The molecule has 23 heavy (non-hydrogen) atoms. The predicted molar refractivity (Wildman–Crippen MR) is 77.3 cm³/mol. The molecule has 0 unspecified atom stereocenters. The first kappa shape index (κ1) is 13.7. The smallest absolute Gasteiger partial charge is 0.416 e. The second-order valence-electron chi connectivity index (χ2n) is 6.90. The monoisotopic (exact) mass is 323 g/mol. The van der Waals surface area contributed by atoms with Crippen LogP contribution < -0.4 is 4.74 Å². The largest absolute Gasteiger partial charge is 0.454 e. The van der Waals surface area contributed by atoms with E-state index in [9.17, 15) is 13.2 Å². The first-order valence-corrected chi connectivity index (χ1v) is 7.93. The Kier molecular flexibility index (Phi) is 2.49.